The lowest BCUT2D eigenvalue weighted by Gasteiger charge is -2.24. The summed E-state index contributed by atoms with van der Waals surface area (Å²) < 4.78 is 17.5. The van der Waals surface area contributed by atoms with E-state index >= 15 is 0 Å². The predicted molar refractivity (Wildman–Crippen MR) is 149 cm³/mol. The van der Waals surface area contributed by atoms with Crippen molar-refractivity contribution in [2.75, 3.05) is 6.61 Å². The number of carboxylic acid groups (broad SMARTS) is 1. The highest BCUT2D eigenvalue weighted by molar-refractivity contribution is 6.32. The van der Waals surface area contributed by atoms with E-state index in [-0.39, 0.29) is 5.78 Å². The highest BCUT2D eigenvalue weighted by Crippen LogP contribution is 2.41. The van der Waals surface area contributed by atoms with Gasteiger partial charge in [0.1, 0.15) is 28.7 Å². The summed E-state index contributed by atoms with van der Waals surface area (Å²) in [7, 11) is 0. The van der Waals surface area contributed by atoms with E-state index in [4.69, 9.17) is 25.8 Å². The second-order valence-electron chi connectivity index (χ2n) is 9.31. The molecule has 1 aliphatic heterocycles. The smallest absolute Gasteiger partial charge is 0.311 e. The Morgan fingerprint density at radius 2 is 1.62 bits per heavy atom. The Hall–Kier alpha value is -4.29. The van der Waals surface area contributed by atoms with Crippen LogP contribution >= 0.6 is 11.6 Å². The lowest BCUT2D eigenvalue weighted by atomic mass is 9.93. The van der Waals surface area contributed by atoms with Gasteiger partial charge >= 0.3 is 5.97 Å². The molecule has 0 bridgehead atoms. The maximum absolute atomic E-state index is 12.8. The zero-order valence-corrected chi connectivity index (χ0v) is 21.9. The van der Waals surface area contributed by atoms with Gasteiger partial charge in [0.05, 0.1) is 17.5 Å². The highest BCUT2D eigenvalue weighted by Gasteiger charge is 2.29. The molecular weight excluding hydrogens is 516 g/mol. The first-order valence-electron chi connectivity index (χ1n) is 12.8. The van der Waals surface area contributed by atoms with Crippen LogP contribution in [0, 0.1) is 0 Å². The van der Waals surface area contributed by atoms with Gasteiger partial charge in [0, 0.05) is 23.6 Å². The molecule has 0 spiro atoms. The van der Waals surface area contributed by atoms with Gasteiger partial charge in [0.15, 0.2) is 5.78 Å². The average Bonchev–Trinajstić information content (AvgIpc) is 2.94. The second kappa shape index (κ2) is 12.0. The molecular formula is C32H27ClO6. The highest BCUT2D eigenvalue weighted by atomic mass is 35.5. The van der Waals surface area contributed by atoms with Gasteiger partial charge in [-0.15, -0.1) is 0 Å². The van der Waals surface area contributed by atoms with Crippen molar-refractivity contribution in [1.29, 1.82) is 0 Å². The number of fused-ring (bicyclic) bond motifs is 1. The molecule has 0 aromatic heterocycles. The number of hydrogen-bond acceptors (Lipinski definition) is 5. The molecule has 198 valence electrons. The van der Waals surface area contributed by atoms with Gasteiger partial charge in [-0.1, -0.05) is 41.9 Å². The minimum atomic E-state index is -0.907. The van der Waals surface area contributed by atoms with Crippen LogP contribution in [0.3, 0.4) is 0 Å². The number of carboxylic acids is 1. The number of ketones is 1. The van der Waals surface area contributed by atoms with Gasteiger partial charge in [-0.25, -0.2) is 0 Å². The largest absolute Gasteiger partial charge is 0.493 e. The molecule has 0 radical (unpaired) electrons. The topological polar surface area (TPSA) is 82.1 Å². The number of ether oxygens (including phenoxy) is 3. The van der Waals surface area contributed by atoms with Gasteiger partial charge in [-0.3, -0.25) is 9.59 Å². The third-order valence-corrected chi connectivity index (χ3v) is 6.85. The van der Waals surface area contributed by atoms with Crippen molar-refractivity contribution in [1.82, 2.24) is 0 Å². The Labute approximate surface area is 231 Å². The summed E-state index contributed by atoms with van der Waals surface area (Å²) in [5.74, 6) is 1.37. The van der Waals surface area contributed by atoms with Crippen LogP contribution in [-0.4, -0.2) is 23.5 Å². The van der Waals surface area contributed by atoms with Crippen molar-refractivity contribution < 1.29 is 28.9 Å². The van der Waals surface area contributed by atoms with Crippen molar-refractivity contribution in [2.24, 2.45) is 0 Å². The number of rotatable bonds is 10. The lowest BCUT2D eigenvalue weighted by Crippen LogP contribution is -2.20. The molecule has 1 N–H and O–H groups in total. The van der Waals surface area contributed by atoms with Crippen LogP contribution in [0.2, 0.25) is 5.02 Å². The Balaban J connectivity index is 1.16. The average molecular weight is 543 g/mol. The molecule has 0 saturated carbocycles. The molecule has 0 saturated heterocycles. The van der Waals surface area contributed by atoms with E-state index in [1.54, 1.807) is 36.4 Å². The summed E-state index contributed by atoms with van der Waals surface area (Å²) in [6.07, 6.45) is 2.29. The van der Waals surface area contributed by atoms with Crippen molar-refractivity contribution >= 4 is 23.4 Å². The van der Waals surface area contributed by atoms with Crippen LogP contribution in [0.15, 0.2) is 91.0 Å². The molecule has 1 aliphatic rings. The molecule has 7 heteroatoms. The van der Waals surface area contributed by atoms with E-state index in [1.807, 2.05) is 54.6 Å². The number of carbonyl (C=O) groups is 2. The second-order valence-corrected chi connectivity index (χ2v) is 9.72. The van der Waals surface area contributed by atoms with E-state index in [9.17, 15) is 14.7 Å². The molecule has 39 heavy (non-hydrogen) atoms. The normalized spacial score (nSPS) is 14.1. The van der Waals surface area contributed by atoms with E-state index < -0.39 is 11.9 Å². The van der Waals surface area contributed by atoms with Crippen molar-refractivity contribution in [3.05, 3.63) is 113 Å². The van der Waals surface area contributed by atoms with Gasteiger partial charge < -0.3 is 19.3 Å². The summed E-state index contributed by atoms with van der Waals surface area (Å²) >= 11 is 6.39. The fraction of sp³-hybridized carbons (Fsp3) is 0.188. The number of carbonyl (C=O) groups excluding carboxylic acids is 1. The maximum Gasteiger partial charge on any atom is 0.311 e. The number of aryl methyl sites for hydroxylation is 1. The molecule has 5 rings (SSSR count). The standard InChI is InChI=1S/C32H27ClO6/c33-28-19-27-26(32(35)36)16-17-37-30(27)20-31(28)39-24-14-12-22(13-15-24)29(34)11-5-7-21-6-4-10-25(18-21)38-23-8-2-1-3-9-23/h1-4,6,8-10,12-15,18-20,26H,5,7,11,16-17H2,(H,35,36). The van der Waals surface area contributed by atoms with E-state index in [2.05, 4.69) is 0 Å². The number of aliphatic carboxylic acids is 1. The monoisotopic (exact) mass is 542 g/mol. The predicted octanol–water partition coefficient (Wildman–Crippen LogP) is 8.08. The molecule has 1 heterocycles. The van der Waals surface area contributed by atoms with E-state index in [0.717, 1.165) is 23.5 Å². The van der Waals surface area contributed by atoms with Crippen LogP contribution < -0.4 is 14.2 Å². The molecule has 6 nitrogen and oxygen atoms in total. The molecule has 0 fully saturated rings. The molecule has 1 atom stereocenters. The number of Topliss-reactive ketones (excluding diaryl/α,β-unsaturated/α-hetero) is 1. The first kappa shape index (κ1) is 26.3. The van der Waals surface area contributed by atoms with Gasteiger partial charge in [-0.2, -0.15) is 0 Å². The first-order chi connectivity index (χ1) is 19.0. The maximum atomic E-state index is 12.8. The zero-order chi connectivity index (χ0) is 27.2. The summed E-state index contributed by atoms with van der Waals surface area (Å²) in [6.45, 7) is 0.314. The fourth-order valence-electron chi connectivity index (χ4n) is 4.55. The van der Waals surface area contributed by atoms with Gasteiger partial charge in [0.25, 0.3) is 0 Å². The number of para-hydroxylation sites is 1. The third-order valence-electron chi connectivity index (χ3n) is 6.55. The van der Waals surface area contributed by atoms with Gasteiger partial charge in [-0.05, 0) is 79.4 Å². The van der Waals surface area contributed by atoms with Crippen molar-refractivity contribution in [3.8, 4) is 28.7 Å². The van der Waals surface area contributed by atoms with E-state index in [0.29, 0.717) is 59.3 Å². The Morgan fingerprint density at radius 1 is 0.872 bits per heavy atom. The minimum Gasteiger partial charge on any atom is -0.493 e. The SMILES string of the molecule is O=C(CCCc1cccc(Oc2ccccc2)c1)c1ccc(Oc2cc3c(cc2Cl)C(C(=O)O)CCO3)cc1. The molecule has 1 unspecified atom stereocenters. The molecule has 0 amide bonds. The van der Waals surface area contributed by atoms with Crippen LogP contribution in [-0.2, 0) is 11.2 Å². The summed E-state index contributed by atoms with van der Waals surface area (Å²) in [5, 5.41) is 9.76. The van der Waals surface area contributed by atoms with Crippen LogP contribution in [0.25, 0.3) is 0 Å². The van der Waals surface area contributed by atoms with Gasteiger partial charge in [0.2, 0.25) is 0 Å². The molecule has 0 aliphatic carbocycles. The van der Waals surface area contributed by atoms with Crippen LogP contribution in [0.5, 0.6) is 28.7 Å². The van der Waals surface area contributed by atoms with Crippen molar-refractivity contribution in [3.63, 3.8) is 0 Å². The Morgan fingerprint density at radius 3 is 2.38 bits per heavy atom. The summed E-state index contributed by atoms with van der Waals surface area (Å²) in [6, 6.07) is 27.6. The third kappa shape index (κ3) is 6.59. The quantitative estimate of drug-likeness (QED) is 0.204. The number of benzene rings is 4. The minimum absolute atomic E-state index is 0.0539. The Kier molecular flexibility index (Phi) is 8.13. The van der Waals surface area contributed by atoms with Crippen LogP contribution in [0.4, 0.5) is 0 Å². The first-order valence-corrected chi connectivity index (χ1v) is 13.2. The Bertz CT molecular complexity index is 1470. The summed E-state index contributed by atoms with van der Waals surface area (Å²) in [4.78, 5) is 24.3. The van der Waals surface area contributed by atoms with E-state index in [1.165, 1.54) is 0 Å². The lowest BCUT2D eigenvalue weighted by molar-refractivity contribution is -0.139. The zero-order valence-electron chi connectivity index (χ0n) is 21.1. The van der Waals surface area contributed by atoms with Crippen LogP contribution in [0.1, 0.15) is 46.7 Å². The fourth-order valence-corrected chi connectivity index (χ4v) is 4.76. The summed E-state index contributed by atoms with van der Waals surface area (Å²) in [5.41, 5.74) is 2.26. The van der Waals surface area contributed by atoms with Crippen molar-refractivity contribution in [2.45, 2.75) is 31.6 Å². The number of hydrogen-bond donors (Lipinski definition) is 1. The molecule has 4 aromatic carbocycles. The number of halogens is 1. The molecule has 4 aromatic rings.